The van der Waals surface area contributed by atoms with Gasteiger partial charge in [0.2, 0.25) is 20.0 Å². The molecular formula is C22H22ClN3O7S2. The molecule has 0 aliphatic heterocycles. The van der Waals surface area contributed by atoms with Crippen molar-refractivity contribution in [3.63, 3.8) is 0 Å². The number of rotatable bonds is 9. The molecule has 0 aliphatic rings. The van der Waals surface area contributed by atoms with Crippen molar-refractivity contribution < 1.29 is 31.2 Å². The second-order valence-corrected chi connectivity index (χ2v) is 11.8. The maximum absolute atomic E-state index is 12.5. The maximum atomic E-state index is 12.5. The molecule has 10 nitrogen and oxygen atoms in total. The van der Waals surface area contributed by atoms with Gasteiger partial charge in [0.1, 0.15) is 6.54 Å². The van der Waals surface area contributed by atoms with Gasteiger partial charge in [-0.05, 0) is 41.1 Å². The number of nitrogens with zero attached hydrogens (tertiary/aromatic N) is 1. The Morgan fingerprint density at radius 3 is 2.26 bits per heavy atom. The third-order valence-electron chi connectivity index (χ3n) is 4.79. The Kier molecular flexibility index (Phi) is 8.13. The van der Waals surface area contributed by atoms with Crippen molar-refractivity contribution in [2.75, 3.05) is 32.6 Å². The Hall–Kier alpha value is -3.03. The summed E-state index contributed by atoms with van der Waals surface area (Å²) in [4.78, 5) is 24.0. The van der Waals surface area contributed by atoms with Crippen molar-refractivity contribution in [3.05, 3.63) is 65.7 Å². The number of hydrogen-bond donors (Lipinski definition) is 2. The van der Waals surface area contributed by atoms with E-state index in [1.165, 1.54) is 44.4 Å². The number of fused-ring (bicyclic) bond motifs is 1. The second-order valence-electron chi connectivity index (χ2n) is 7.47. The van der Waals surface area contributed by atoms with Gasteiger partial charge >= 0.3 is 5.97 Å². The van der Waals surface area contributed by atoms with Gasteiger partial charge in [0, 0.05) is 14.1 Å². The highest BCUT2D eigenvalue weighted by Crippen LogP contribution is 2.26. The molecule has 0 unspecified atom stereocenters. The van der Waals surface area contributed by atoms with Gasteiger partial charge in [0.15, 0.2) is 6.61 Å². The molecule has 0 bridgehead atoms. The summed E-state index contributed by atoms with van der Waals surface area (Å²) in [6.45, 7) is -1.43. The minimum absolute atomic E-state index is 0.00708. The van der Waals surface area contributed by atoms with Crippen LogP contribution in [0.4, 0.5) is 5.69 Å². The number of amides is 1. The molecule has 0 saturated carbocycles. The van der Waals surface area contributed by atoms with E-state index >= 15 is 0 Å². The molecular weight excluding hydrogens is 518 g/mol. The molecule has 13 heteroatoms. The van der Waals surface area contributed by atoms with E-state index in [4.69, 9.17) is 16.3 Å². The van der Waals surface area contributed by atoms with Crippen molar-refractivity contribution in [1.82, 2.24) is 9.03 Å². The van der Waals surface area contributed by atoms with E-state index in [0.717, 1.165) is 15.1 Å². The number of carbonyl (C=O) groups is 2. The summed E-state index contributed by atoms with van der Waals surface area (Å²) < 4.78 is 57.4. The average Bonchev–Trinajstić information content (AvgIpc) is 2.82. The number of nitrogens with one attached hydrogen (secondary N) is 2. The second kappa shape index (κ2) is 10.7. The van der Waals surface area contributed by atoms with Crippen LogP contribution in [0.1, 0.15) is 0 Å². The molecule has 0 aromatic heterocycles. The zero-order chi connectivity index (χ0) is 25.8. The maximum Gasteiger partial charge on any atom is 0.321 e. The molecule has 1 amide bonds. The molecule has 0 saturated heterocycles. The van der Waals surface area contributed by atoms with Gasteiger partial charge in [-0.25, -0.2) is 21.1 Å². The van der Waals surface area contributed by atoms with Crippen LogP contribution >= 0.6 is 11.6 Å². The lowest BCUT2D eigenvalue weighted by molar-refractivity contribution is -0.146. The highest BCUT2D eigenvalue weighted by atomic mass is 35.5. The van der Waals surface area contributed by atoms with Crippen molar-refractivity contribution in [3.8, 4) is 0 Å². The molecule has 0 fully saturated rings. The number of benzene rings is 3. The summed E-state index contributed by atoms with van der Waals surface area (Å²) in [6, 6.07) is 15.5. The number of halogens is 1. The van der Waals surface area contributed by atoms with Crippen LogP contribution in [0.2, 0.25) is 5.02 Å². The SMILES string of the molecule is CN(C)S(=O)(=O)c1ccc(Cl)c(NC(=O)COC(=O)CNS(=O)(=O)c2ccc3ccccc3c2)c1. The normalized spacial score (nSPS) is 12.0. The quantitative estimate of drug-likeness (QED) is 0.397. The largest absolute Gasteiger partial charge is 0.455 e. The van der Waals surface area contributed by atoms with E-state index in [0.29, 0.717) is 0 Å². The smallest absolute Gasteiger partial charge is 0.321 e. The van der Waals surface area contributed by atoms with Crippen LogP contribution in [0.3, 0.4) is 0 Å². The van der Waals surface area contributed by atoms with Crippen LogP contribution in [-0.4, -0.2) is 60.3 Å². The standard InChI is InChI=1S/C22H22ClN3O7S2/c1-26(2)35(31,32)18-9-10-19(23)20(12-18)25-21(27)14-33-22(28)13-24-34(29,30)17-8-7-15-5-3-4-6-16(15)11-17/h3-12,24H,13-14H2,1-2H3,(H,25,27). The van der Waals surface area contributed by atoms with Crippen molar-refractivity contribution in [2.45, 2.75) is 9.79 Å². The van der Waals surface area contributed by atoms with Gasteiger partial charge in [-0.15, -0.1) is 0 Å². The average molecular weight is 540 g/mol. The van der Waals surface area contributed by atoms with Crippen LogP contribution in [-0.2, 0) is 34.4 Å². The summed E-state index contributed by atoms with van der Waals surface area (Å²) in [5.74, 6) is -1.78. The van der Waals surface area contributed by atoms with E-state index in [9.17, 15) is 26.4 Å². The van der Waals surface area contributed by atoms with E-state index in [2.05, 4.69) is 10.0 Å². The Bertz CT molecular complexity index is 1490. The van der Waals surface area contributed by atoms with Crippen molar-refractivity contribution in [2.24, 2.45) is 0 Å². The third kappa shape index (κ3) is 6.55. The number of hydrogen-bond acceptors (Lipinski definition) is 7. The Balaban J connectivity index is 1.56. The number of anilines is 1. The first-order valence-electron chi connectivity index (χ1n) is 10.1. The molecule has 0 aliphatic carbocycles. The van der Waals surface area contributed by atoms with Crippen LogP contribution in [0, 0.1) is 0 Å². The third-order valence-corrected chi connectivity index (χ3v) is 8.33. The fourth-order valence-electron chi connectivity index (χ4n) is 2.93. The number of sulfonamides is 2. The van der Waals surface area contributed by atoms with Crippen molar-refractivity contribution >= 4 is 60.0 Å². The monoisotopic (exact) mass is 539 g/mol. The first kappa shape index (κ1) is 26.6. The summed E-state index contributed by atoms with van der Waals surface area (Å²) in [7, 11) is -5.04. The molecule has 0 radical (unpaired) electrons. The van der Waals surface area contributed by atoms with Gasteiger partial charge in [0.25, 0.3) is 5.91 Å². The van der Waals surface area contributed by atoms with Gasteiger partial charge in [0.05, 0.1) is 20.5 Å². The Morgan fingerprint density at radius 1 is 0.914 bits per heavy atom. The molecule has 2 N–H and O–H groups in total. The van der Waals surface area contributed by atoms with Gasteiger partial charge < -0.3 is 10.1 Å². The lowest BCUT2D eigenvalue weighted by Gasteiger charge is -2.14. The Morgan fingerprint density at radius 2 is 1.57 bits per heavy atom. The van der Waals surface area contributed by atoms with Gasteiger partial charge in [-0.2, -0.15) is 4.72 Å². The predicted octanol–water partition coefficient (Wildman–Crippen LogP) is 2.20. The molecule has 3 aromatic carbocycles. The van der Waals surface area contributed by atoms with Gasteiger partial charge in [-0.3, -0.25) is 9.59 Å². The molecule has 35 heavy (non-hydrogen) atoms. The number of carbonyl (C=O) groups excluding carboxylic acids is 2. The highest BCUT2D eigenvalue weighted by Gasteiger charge is 2.20. The first-order chi connectivity index (χ1) is 16.4. The van der Waals surface area contributed by atoms with E-state index in [1.807, 2.05) is 12.1 Å². The summed E-state index contributed by atoms with van der Waals surface area (Å²) in [6.07, 6.45) is 0. The minimum atomic E-state index is -4.00. The topological polar surface area (TPSA) is 139 Å². The predicted molar refractivity (Wildman–Crippen MR) is 131 cm³/mol. The zero-order valence-electron chi connectivity index (χ0n) is 18.7. The van der Waals surface area contributed by atoms with E-state index in [-0.39, 0.29) is 20.5 Å². The van der Waals surface area contributed by atoms with Crippen LogP contribution in [0.5, 0.6) is 0 Å². The lowest BCUT2D eigenvalue weighted by Crippen LogP contribution is -2.32. The van der Waals surface area contributed by atoms with Gasteiger partial charge in [-0.1, -0.05) is 41.9 Å². The summed E-state index contributed by atoms with van der Waals surface area (Å²) in [5, 5.41) is 4.02. The summed E-state index contributed by atoms with van der Waals surface area (Å²) in [5.41, 5.74) is 0.00708. The molecule has 0 heterocycles. The van der Waals surface area contributed by atoms with E-state index in [1.54, 1.807) is 18.2 Å². The van der Waals surface area contributed by atoms with Crippen LogP contribution < -0.4 is 10.0 Å². The lowest BCUT2D eigenvalue weighted by atomic mass is 10.1. The number of esters is 1. The molecule has 186 valence electrons. The van der Waals surface area contributed by atoms with E-state index < -0.39 is 45.1 Å². The minimum Gasteiger partial charge on any atom is -0.455 e. The fourth-order valence-corrected chi connectivity index (χ4v) is 5.02. The Labute approximate surface area is 207 Å². The molecule has 3 aromatic rings. The summed E-state index contributed by atoms with van der Waals surface area (Å²) >= 11 is 6.02. The molecule has 0 spiro atoms. The van der Waals surface area contributed by atoms with Crippen LogP contribution in [0.25, 0.3) is 10.8 Å². The zero-order valence-corrected chi connectivity index (χ0v) is 21.1. The molecule has 0 atom stereocenters. The number of ether oxygens (including phenoxy) is 1. The molecule has 3 rings (SSSR count). The fraction of sp³-hybridized carbons (Fsp3) is 0.182. The van der Waals surface area contributed by atoms with Crippen molar-refractivity contribution in [1.29, 1.82) is 0 Å². The van der Waals surface area contributed by atoms with Crippen LogP contribution in [0.15, 0.2) is 70.5 Å². The highest BCUT2D eigenvalue weighted by molar-refractivity contribution is 7.89. The first-order valence-corrected chi connectivity index (χ1v) is 13.4.